The third-order valence-electron chi connectivity index (χ3n) is 11.4. The number of quaternary nitrogens is 1. The van der Waals surface area contributed by atoms with E-state index < -0.39 is 10.3 Å². The summed E-state index contributed by atoms with van der Waals surface area (Å²) >= 11 is 0. The smallest absolute Gasteiger partial charge is 0.434 e. The molecule has 0 aromatic heterocycles. The van der Waals surface area contributed by atoms with Crippen LogP contribution in [0, 0.1) is 0 Å². The van der Waals surface area contributed by atoms with Crippen molar-refractivity contribution >= 4 is 91.4 Å². The van der Waals surface area contributed by atoms with Crippen molar-refractivity contribution < 1.29 is 27.9 Å². The SMILES string of the molecule is CC.CC.CC(C)c1cccc2ccccc12.CC(C)c1ccccc1[NH2+]S(=O)(=O)O.Oc1ccc2ccc3cccc4ccc1c2c34.Oc1ccc2ccc3cccc4ccc1c2c34. The molecule has 0 aliphatic heterocycles. The lowest BCUT2D eigenvalue weighted by Gasteiger charge is -2.11. The highest BCUT2D eigenvalue weighted by atomic mass is 32.2. The number of phenolic OH excluding ortho intramolecular Hbond substituents is 2. The zero-order chi connectivity index (χ0) is 46.8. The highest BCUT2D eigenvalue weighted by Crippen LogP contribution is 2.39. The second-order valence-corrected chi connectivity index (χ2v) is 17.3. The summed E-state index contributed by atoms with van der Waals surface area (Å²) in [4.78, 5) is 0. The van der Waals surface area contributed by atoms with Crippen LogP contribution >= 0.6 is 0 Å². The number of hydrogen-bond acceptors (Lipinski definition) is 4. The van der Waals surface area contributed by atoms with E-state index in [0.717, 1.165) is 21.1 Å². The Balaban J connectivity index is 0.000000141. The van der Waals surface area contributed by atoms with Gasteiger partial charge in [0, 0.05) is 33.2 Å². The van der Waals surface area contributed by atoms with Crippen LogP contribution < -0.4 is 4.72 Å². The molecule has 5 N–H and O–H groups in total. The topological polar surface area (TPSA) is 111 Å². The maximum atomic E-state index is 10.7. The quantitative estimate of drug-likeness (QED) is 0.0799. The van der Waals surface area contributed by atoms with Crippen molar-refractivity contribution in [3.05, 3.63) is 187 Å². The minimum Gasteiger partial charge on any atom is -0.507 e. The molecule has 0 radical (unpaired) electrons. The Kier molecular flexibility index (Phi) is 15.6. The fourth-order valence-corrected chi connectivity index (χ4v) is 9.03. The molecule has 11 aromatic rings. The van der Waals surface area contributed by atoms with Crippen LogP contribution in [0.2, 0.25) is 0 Å². The first-order valence-corrected chi connectivity index (χ1v) is 24.0. The van der Waals surface area contributed by atoms with E-state index in [0.29, 0.717) is 23.1 Å². The molecule has 0 atom stereocenters. The van der Waals surface area contributed by atoms with E-state index in [2.05, 4.69) is 129 Å². The molecule has 11 rings (SSSR count). The van der Waals surface area contributed by atoms with Crippen LogP contribution in [0.4, 0.5) is 5.69 Å². The number of rotatable bonds is 4. The second-order valence-electron chi connectivity index (χ2n) is 16.0. The molecule has 0 bridgehead atoms. The van der Waals surface area contributed by atoms with Gasteiger partial charge in [0.2, 0.25) is 0 Å². The minimum absolute atomic E-state index is 0.226. The van der Waals surface area contributed by atoms with Gasteiger partial charge in [-0.25, -0.2) is 4.55 Å². The number of hydrogen-bond donors (Lipinski definition) is 4. The Morgan fingerprint density at radius 1 is 0.369 bits per heavy atom. The van der Waals surface area contributed by atoms with Gasteiger partial charge in [0.25, 0.3) is 0 Å². The van der Waals surface area contributed by atoms with Crippen molar-refractivity contribution in [1.82, 2.24) is 0 Å². The summed E-state index contributed by atoms with van der Waals surface area (Å²) in [6.45, 7) is 16.4. The fraction of sp³-hybridized carbons (Fsp3) is 0.172. The lowest BCUT2D eigenvalue weighted by Crippen LogP contribution is -2.81. The van der Waals surface area contributed by atoms with Gasteiger partial charge in [-0.2, -0.15) is 4.72 Å². The molecule has 0 unspecified atom stereocenters. The Labute approximate surface area is 383 Å². The summed E-state index contributed by atoms with van der Waals surface area (Å²) < 4.78 is 30.9. The van der Waals surface area contributed by atoms with Gasteiger partial charge in [-0.1, -0.05) is 213 Å². The number of aromatic hydroxyl groups is 2. The Morgan fingerprint density at radius 2 is 0.708 bits per heavy atom. The molecule has 0 spiro atoms. The molecular formula is C58H60NO5S+. The molecule has 65 heavy (non-hydrogen) atoms. The van der Waals surface area contributed by atoms with E-state index in [1.54, 1.807) is 24.3 Å². The van der Waals surface area contributed by atoms with Gasteiger partial charge in [-0.15, -0.1) is 8.42 Å². The van der Waals surface area contributed by atoms with Crippen molar-refractivity contribution in [2.75, 3.05) is 0 Å². The summed E-state index contributed by atoms with van der Waals surface area (Å²) in [6, 6.07) is 58.9. The summed E-state index contributed by atoms with van der Waals surface area (Å²) in [5, 5.41) is 36.6. The summed E-state index contributed by atoms with van der Waals surface area (Å²) in [5.41, 5.74) is 2.90. The first kappa shape index (κ1) is 47.7. The largest absolute Gasteiger partial charge is 0.507 e. The molecule has 0 aliphatic carbocycles. The minimum atomic E-state index is -4.06. The van der Waals surface area contributed by atoms with Crippen LogP contribution in [0.1, 0.15) is 78.4 Å². The van der Waals surface area contributed by atoms with Gasteiger partial charge in [-0.3, -0.25) is 0 Å². The molecule has 6 nitrogen and oxygen atoms in total. The highest BCUT2D eigenvalue weighted by Gasteiger charge is 2.16. The Bertz CT molecular complexity index is 3230. The van der Waals surface area contributed by atoms with E-state index in [-0.39, 0.29) is 5.92 Å². The second kappa shape index (κ2) is 21.3. The molecule has 0 amide bonds. The summed E-state index contributed by atoms with van der Waals surface area (Å²) in [5.74, 6) is 1.54. The van der Waals surface area contributed by atoms with Crippen LogP contribution in [0.25, 0.3) is 75.4 Å². The van der Waals surface area contributed by atoms with Gasteiger partial charge in [0.05, 0.1) is 0 Å². The molecule has 0 aliphatic rings. The predicted molar refractivity (Wildman–Crippen MR) is 278 cm³/mol. The van der Waals surface area contributed by atoms with E-state index in [1.165, 1.54) is 70.2 Å². The third kappa shape index (κ3) is 10.6. The highest BCUT2D eigenvalue weighted by molar-refractivity contribution is 7.79. The average Bonchev–Trinajstić information content (AvgIpc) is 3.32. The van der Waals surface area contributed by atoms with Crippen molar-refractivity contribution in [2.24, 2.45) is 0 Å². The van der Waals surface area contributed by atoms with Crippen LogP contribution in [0.5, 0.6) is 11.5 Å². The van der Waals surface area contributed by atoms with E-state index >= 15 is 0 Å². The normalized spacial score (nSPS) is 11.1. The first-order chi connectivity index (χ1) is 31.4. The van der Waals surface area contributed by atoms with E-state index in [9.17, 15) is 18.6 Å². The summed E-state index contributed by atoms with van der Waals surface area (Å²) in [6.07, 6.45) is 0. The maximum Gasteiger partial charge on any atom is 0.434 e. The Hall–Kier alpha value is -6.77. The van der Waals surface area contributed by atoms with Crippen molar-refractivity contribution in [3.63, 3.8) is 0 Å². The van der Waals surface area contributed by atoms with Crippen LogP contribution in [-0.4, -0.2) is 23.2 Å². The van der Waals surface area contributed by atoms with Crippen LogP contribution in [0.3, 0.4) is 0 Å². The molecule has 11 aromatic carbocycles. The molecule has 0 saturated carbocycles. The lowest BCUT2D eigenvalue weighted by atomic mass is 9.94. The number of fused-ring (bicyclic) bond motifs is 1. The number of nitrogens with two attached hydrogens (primary N) is 1. The van der Waals surface area contributed by atoms with Crippen molar-refractivity contribution in [1.29, 1.82) is 0 Å². The van der Waals surface area contributed by atoms with Gasteiger partial charge < -0.3 is 10.2 Å². The lowest BCUT2D eigenvalue weighted by molar-refractivity contribution is -0.407. The van der Waals surface area contributed by atoms with Crippen LogP contribution in [0.15, 0.2) is 176 Å². The molecule has 332 valence electrons. The predicted octanol–water partition coefficient (Wildman–Crippen LogP) is 15.4. The van der Waals surface area contributed by atoms with Crippen molar-refractivity contribution in [3.8, 4) is 11.5 Å². The van der Waals surface area contributed by atoms with Gasteiger partial charge >= 0.3 is 10.3 Å². The summed E-state index contributed by atoms with van der Waals surface area (Å²) in [7, 11) is -4.06. The molecule has 0 fully saturated rings. The van der Waals surface area contributed by atoms with E-state index in [4.69, 9.17) is 4.55 Å². The molecule has 7 heteroatoms. The average molecular weight is 883 g/mol. The first-order valence-electron chi connectivity index (χ1n) is 22.5. The number of benzene rings is 11. The zero-order valence-corrected chi connectivity index (χ0v) is 39.4. The monoisotopic (exact) mass is 882 g/mol. The van der Waals surface area contributed by atoms with Gasteiger partial charge in [0.1, 0.15) is 17.2 Å². The molecule has 0 heterocycles. The van der Waals surface area contributed by atoms with Crippen molar-refractivity contribution in [2.45, 2.75) is 67.2 Å². The maximum absolute atomic E-state index is 10.7. The Morgan fingerprint density at radius 3 is 1.17 bits per heavy atom. The fourth-order valence-electron chi connectivity index (χ4n) is 8.50. The van der Waals surface area contributed by atoms with Gasteiger partial charge in [0.15, 0.2) is 0 Å². The van der Waals surface area contributed by atoms with Crippen LogP contribution in [-0.2, 0) is 10.3 Å². The molecule has 0 saturated heterocycles. The van der Waals surface area contributed by atoms with E-state index in [1.807, 2.05) is 77.9 Å². The standard InChI is InChI=1S/2C16H10O.C13H14.C9H13NO3S.2C2H6/c2*17-14-9-7-12-5-4-10-2-1-3-11-6-8-13(14)16(12)15(10)11;1-10(2)12-9-5-7-11-6-3-4-8-13(11)12;1-7(2)8-5-3-4-6-9(8)10-14(11,12)13;2*1-2/h2*1-9,17H;3-10H,1-2H3;3-7,10H,1-2H3,(H,11,12,13);2*1-2H3/p+1. The molecular weight excluding hydrogens is 823 g/mol. The number of phenols is 2. The third-order valence-corrected chi connectivity index (χ3v) is 11.9. The van der Waals surface area contributed by atoms with Gasteiger partial charge in [-0.05, 0) is 83.4 Å². The zero-order valence-electron chi connectivity index (χ0n) is 38.5.